The lowest BCUT2D eigenvalue weighted by atomic mass is 10.3. The molecule has 0 fully saturated rings. The summed E-state index contributed by atoms with van der Waals surface area (Å²) in [4.78, 5) is 10.6. The van der Waals surface area contributed by atoms with Crippen LogP contribution < -0.4 is 5.32 Å². The van der Waals surface area contributed by atoms with Crippen molar-refractivity contribution in [3.05, 3.63) is 11.4 Å². The molecule has 0 aliphatic carbocycles. The Morgan fingerprint density at radius 2 is 2.23 bits per heavy atom. The first-order chi connectivity index (χ1) is 6.02. The predicted molar refractivity (Wildman–Crippen MR) is 42.6 cm³/mol. The third-order valence-corrected chi connectivity index (χ3v) is 1.48. The SMILES string of the molecule is CC(=O)Nc1c(C(F)F)n[nH]c1C. The number of aryl methyl sites for hydroxylation is 1. The first-order valence-corrected chi connectivity index (χ1v) is 3.63. The van der Waals surface area contributed by atoms with Gasteiger partial charge >= 0.3 is 0 Å². The topological polar surface area (TPSA) is 57.8 Å². The molecule has 0 saturated carbocycles. The van der Waals surface area contributed by atoms with Crippen LogP contribution in [-0.4, -0.2) is 16.1 Å². The number of rotatable bonds is 2. The summed E-state index contributed by atoms with van der Waals surface area (Å²) < 4.78 is 24.5. The Balaban J connectivity index is 3.01. The number of amides is 1. The number of aromatic nitrogens is 2. The maximum Gasteiger partial charge on any atom is 0.284 e. The summed E-state index contributed by atoms with van der Waals surface area (Å²) in [5, 5.41) is 8.05. The van der Waals surface area contributed by atoms with Crippen LogP contribution in [0.1, 0.15) is 24.7 Å². The van der Waals surface area contributed by atoms with Gasteiger partial charge < -0.3 is 5.32 Å². The van der Waals surface area contributed by atoms with Crippen molar-refractivity contribution >= 4 is 11.6 Å². The summed E-state index contributed by atoms with van der Waals surface area (Å²) in [6.07, 6.45) is -2.69. The van der Waals surface area contributed by atoms with E-state index >= 15 is 0 Å². The Bertz CT molecular complexity index is 322. The zero-order valence-electron chi connectivity index (χ0n) is 7.19. The van der Waals surface area contributed by atoms with E-state index in [9.17, 15) is 13.6 Å². The number of carbonyl (C=O) groups excluding carboxylic acids is 1. The van der Waals surface area contributed by atoms with E-state index in [-0.39, 0.29) is 5.69 Å². The molecule has 1 heterocycles. The molecule has 72 valence electrons. The smallest absolute Gasteiger partial charge is 0.284 e. The van der Waals surface area contributed by atoms with Gasteiger partial charge in [-0.15, -0.1) is 0 Å². The molecule has 0 aromatic carbocycles. The normalized spacial score (nSPS) is 10.5. The minimum Gasteiger partial charge on any atom is -0.323 e. The van der Waals surface area contributed by atoms with E-state index in [4.69, 9.17) is 0 Å². The van der Waals surface area contributed by atoms with Crippen molar-refractivity contribution in [2.24, 2.45) is 0 Å². The fraction of sp³-hybridized carbons (Fsp3) is 0.429. The standard InChI is InChI=1S/C7H9F2N3O/c1-3-5(10-4(2)13)6(7(8)9)12-11-3/h7H,1-2H3,(H,10,13)(H,11,12). The highest BCUT2D eigenvalue weighted by Crippen LogP contribution is 2.26. The summed E-state index contributed by atoms with van der Waals surface area (Å²) in [5.74, 6) is -0.397. The minimum absolute atomic E-state index is 0.0718. The molecule has 0 radical (unpaired) electrons. The molecule has 1 rings (SSSR count). The van der Waals surface area contributed by atoms with Gasteiger partial charge in [0.15, 0.2) is 5.69 Å². The van der Waals surface area contributed by atoms with Crippen molar-refractivity contribution in [1.29, 1.82) is 0 Å². The first-order valence-electron chi connectivity index (χ1n) is 3.63. The van der Waals surface area contributed by atoms with Gasteiger partial charge in [0.2, 0.25) is 5.91 Å². The molecule has 0 atom stereocenters. The Morgan fingerprint density at radius 3 is 2.69 bits per heavy atom. The van der Waals surface area contributed by atoms with Gasteiger partial charge in [0.05, 0.1) is 11.4 Å². The van der Waals surface area contributed by atoms with Crippen LogP contribution in [0, 0.1) is 6.92 Å². The molecule has 0 unspecified atom stereocenters. The summed E-state index contributed by atoms with van der Waals surface area (Å²) in [5.41, 5.74) is 0.0701. The van der Waals surface area contributed by atoms with Gasteiger partial charge in [-0.1, -0.05) is 0 Å². The van der Waals surface area contributed by atoms with Gasteiger partial charge in [0.1, 0.15) is 0 Å². The molecule has 4 nitrogen and oxygen atoms in total. The Morgan fingerprint density at radius 1 is 1.62 bits per heavy atom. The van der Waals surface area contributed by atoms with Crippen LogP contribution in [0.25, 0.3) is 0 Å². The van der Waals surface area contributed by atoms with Crippen molar-refractivity contribution in [3.63, 3.8) is 0 Å². The number of alkyl halides is 2. The van der Waals surface area contributed by atoms with E-state index in [1.807, 2.05) is 0 Å². The van der Waals surface area contributed by atoms with Crippen molar-refractivity contribution in [2.45, 2.75) is 20.3 Å². The van der Waals surface area contributed by atoms with Crippen LogP contribution in [0.4, 0.5) is 14.5 Å². The third-order valence-electron chi connectivity index (χ3n) is 1.48. The van der Waals surface area contributed by atoms with Crippen molar-refractivity contribution in [3.8, 4) is 0 Å². The van der Waals surface area contributed by atoms with Crippen LogP contribution in [0.5, 0.6) is 0 Å². The highest BCUT2D eigenvalue weighted by atomic mass is 19.3. The third kappa shape index (κ3) is 2.01. The maximum absolute atomic E-state index is 12.3. The summed E-state index contributed by atoms with van der Waals surface area (Å²) in [7, 11) is 0. The average molecular weight is 189 g/mol. The molecular formula is C7H9F2N3O. The van der Waals surface area contributed by atoms with E-state index in [2.05, 4.69) is 15.5 Å². The van der Waals surface area contributed by atoms with Gasteiger partial charge in [0.25, 0.3) is 6.43 Å². The second-order valence-electron chi connectivity index (χ2n) is 2.59. The molecule has 6 heteroatoms. The largest absolute Gasteiger partial charge is 0.323 e. The number of halogens is 2. The van der Waals surface area contributed by atoms with Crippen LogP contribution in [0.3, 0.4) is 0 Å². The molecule has 1 aromatic rings. The number of anilines is 1. The molecule has 1 amide bonds. The predicted octanol–water partition coefficient (Wildman–Crippen LogP) is 1.61. The van der Waals surface area contributed by atoms with Crippen molar-refractivity contribution < 1.29 is 13.6 Å². The first kappa shape index (κ1) is 9.63. The van der Waals surface area contributed by atoms with E-state index in [1.54, 1.807) is 6.92 Å². The van der Waals surface area contributed by atoms with Crippen molar-refractivity contribution in [2.75, 3.05) is 5.32 Å². The van der Waals surface area contributed by atoms with Gasteiger partial charge in [0, 0.05) is 6.92 Å². The number of hydrogen-bond donors (Lipinski definition) is 2. The summed E-state index contributed by atoms with van der Waals surface area (Å²) in [6.45, 7) is 2.81. The molecule has 13 heavy (non-hydrogen) atoms. The van der Waals surface area contributed by atoms with E-state index in [1.165, 1.54) is 6.92 Å². The van der Waals surface area contributed by atoms with Crippen LogP contribution >= 0.6 is 0 Å². The molecule has 2 N–H and O–H groups in total. The second-order valence-corrected chi connectivity index (χ2v) is 2.59. The lowest BCUT2D eigenvalue weighted by molar-refractivity contribution is -0.114. The highest BCUT2D eigenvalue weighted by molar-refractivity contribution is 5.89. The lowest BCUT2D eigenvalue weighted by Crippen LogP contribution is -2.08. The Hall–Kier alpha value is -1.46. The number of nitrogens with one attached hydrogen (secondary N) is 2. The van der Waals surface area contributed by atoms with Gasteiger partial charge in [-0.2, -0.15) is 5.10 Å². The molecule has 0 spiro atoms. The van der Waals surface area contributed by atoms with E-state index in [0.717, 1.165) is 0 Å². The zero-order valence-corrected chi connectivity index (χ0v) is 7.19. The van der Waals surface area contributed by atoms with Crippen LogP contribution in [0.15, 0.2) is 0 Å². The van der Waals surface area contributed by atoms with Crippen molar-refractivity contribution in [1.82, 2.24) is 10.2 Å². The van der Waals surface area contributed by atoms with Crippen LogP contribution in [0.2, 0.25) is 0 Å². The number of hydrogen-bond acceptors (Lipinski definition) is 2. The minimum atomic E-state index is -2.69. The maximum atomic E-state index is 12.3. The monoisotopic (exact) mass is 189 g/mol. The number of aromatic amines is 1. The fourth-order valence-electron chi connectivity index (χ4n) is 0.940. The fourth-order valence-corrected chi connectivity index (χ4v) is 0.940. The molecule has 0 aliphatic heterocycles. The quantitative estimate of drug-likeness (QED) is 0.742. The average Bonchev–Trinajstić information content (AvgIpc) is 2.32. The zero-order chi connectivity index (χ0) is 10.0. The van der Waals surface area contributed by atoms with E-state index < -0.39 is 18.0 Å². The van der Waals surface area contributed by atoms with Gasteiger partial charge in [-0.25, -0.2) is 8.78 Å². The second kappa shape index (κ2) is 3.51. The Labute approximate surface area is 73.3 Å². The highest BCUT2D eigenvalue weighted by Gasteiger charge is 2.19. The van der Waals surface area contributed by atoms with Gasteiger partial charge in [-0.3, -0.25) is 9.89 Å². The summed E-state index contributed by atoms with van der Waals surface area (Å²) in [6, 6.07) is 0. The Kier molecular flexibility index (Phi) is 2.60. The molecule has 0 bridgehead atoms. The number of carbonyl (C=O) groups is 1. The molecule has 1 aromatic heterocycles. The summed E-state index contributed by atoms with van der Waals surface area (Å²) >= 11 is 0. The lowest BCUT2D eigenvalue weighted by Gasteiger charge is -2.02. The van der Waals surface area contributed by atoms with Gasteiger partial charge in [-0.05, 0) is 6.92 Å². The van der Waals surface area contributed by atoms with Crippen LogP contribution in [-0.2, 0) is 4.79 Å². The molecular weight excluding hydrogens is 180 g/mol. The number of nitrogens with zero attached hydrogens (tertiary/aromatic N) is 1. The van der Waals surface area contributed by atoms with E-state index in [0.29, 0.717) is 5.69 Å². The number of H-pyrrole nitrogens is 1. The molecule has 0 saturated heterocycles. The molecule has 0 aliphatic rings.